The van der Waals surface area contributed by atoms with Gasteiger partial charge in [-0.25, -0.2) is 0 Å². The van der Waals surface area contributed by atoms with Gasteiger partial charge in [-0.05, 0) is 61.7 Å². The molecule has 184 valence electrons. The van der Waals surface area contributed by atoms with Gasteiger partial charge in [0.05, 0.1) is 20.3 Å². The Hall–Kier alpha value is -3.28. The Morgan fingerprint density at radius 2 is 1.74 bits per heavy atom. The van der Waals surface area contributed by atoms with E-state index >= 15 is 0 Å². The molecule has 3 aromatic carbocycles. The Morgan fingerprint density at radius 1 is 0.971 bits per heavy atom. The van der Waals surface area contributed by atoms with Gasteiger partial charge in [0.25, 0.3) is 0 Å². The quantitative estimate of drug-likeness (QED) is 0.329. The van der Waals surface area contributed by atoms with E-state index < -0.39 is 5.60 Å². The van der Waals surface area contributed by atoms with E-state index in [1.165, 1.54) is 11.1 Å². The predicted octanol–water partition coefficient (Wildman–Crippen LogP) is 6.35. The van der Waals surface area contributed by atoms with Gasteiger partial charge >= 0.3 is 0 Å². The highest BCUT2D eigenvalue weighted by molar-refractivity contribution is 5.54. The van der Waals surface area contributed by atoms with Crippen LogP contribution in [0.3, 0.4) is 0 Å². The van der Waals surface area contributed by atoms with Crippen LogP contribution in [0.2, 0.25) is 0 Å². The molecular formula is C30H35NO4. The van der Waals surface area contributed by atoms with E-state index in [4.69, 9.17) is 18.9 Å². The smallest absolute Gasteiger partial charge is 0.132 e. The zero-order chi connectivity index (χ0) is 24.7. The van der Waals surface area contributed by atoms with Crippen LogP contribution in [-0.2, 0) is 22.4 Å². The fourth-order valence-electron chi connectivity index (χ4n) is 4.38. The molecule has 0 fully saturated rings. The second kappa shape index (κ2) is 11.4. The van der Waals surface area contributed by atoms with Gasteiger partial charge in [0.1, 0.15) is 29.3 Å². The predicted molar refractivity (Wildman–Crippen MR) is 140 cm³/mol. The van der Waals surface area contributed by atoms with Crippen molar-refractivity contribution in [1.82, 2.24) is 0 Å². The fourth-order valence-corrected chi connectivity index (χ4v) is 4.38. The molecule has 35 heavy (non-hydrogen) atoms. The Balaban J connectivity index is 1.54. The van der Waals surface area contributed by atoms with Crippen molar-refractivity contribution in [1.29, 1.82) is 0 Å². The molecule has 1 aliphatic heterocycles. The molecule has 1 aliphatic rings. The summed E-state index contributed by atoms with van der Waals surface area (Å²) < 4.78 is 24.4. The maximum absolute atomic E-state index is 6.52. The highest BCUT2D eigenvalue weighted by atomic mass is 16.6. The van der Waals surface area contributed by atoms with Crippen LogP contribution in [0.1, 0.15) is 36.6 Å². The first-order valence-corrected chi connectivity index (χ1v) is 12.1. The first-order valence-electron chi connectivity index (χ1n) is 12.1. The Kier molecular flexibility index (Phi) is 8.11. The molecule has 0 bridgehead atoms. The van der Waals surface area contributed by atoms with Crippen molar-refractivity contribution in [2.24, 2.45) is 0 Å². The topological polar surface area (TPSA) is 49.0 Å². The van der Waals surface area contributed by atoms with Crippen molar-refractivity contribution in [3.05, 3.63) is 102 Å². The maximum Gasteiger partial charge on any atom is 0.132 e. The second-order valence-corrected chi connectivity index (χ2v) is 9.23. The molecule has 0 saturated heterocycles. The zero-order valence-corrected chi connectivity index (χ0v) is 20.8. The summed E-state index contributed by atoms with van der Waals surface area (Å²) in [6, 6.07) is 24.6. The summed E-state index contributed by atoms with van der Waals surface area (Å²) in [6.07, 6.45) is 2.05. The van der Waals surface area contributed by atoms with Gasteiger partial charge < -0.3 is 24.3 Å². The van der Waals surface area contributed by atoms with Crippen LogP contribution < -0.4 is 14.8 Å². The number of benzene rings is 3. The van der Waals surface area contributed by atoms with E-state index in [0.717, 1.165) is 29.2 Å². The van der Waals surface area contributed by atoms with Crippen LogP contribution in [-0.4, -0.2) is 32.0 Å². The van der Waals surface area contributed by atoms with Crippen molar-refractivity contribution in [3.63, 3.8) is 0 Å². The zero-order valence-electron chi connectivity index (χ0n) is 20.8. The van der Waals surface area contributed by atoms with E-state index in [9.17, 15) is 0 Å². The lowest BCUT2D eigenvalue weighted by Gasteiger charge is -2.44. The minimum Gasteiger partial charge on any atom is -0.497 e. The molecule has 1 N–H and O–H groups in total. The first kappa shape index (κ1) is 24.8. The molecular weight excluding hydrogens is 438 g/mol. The van der Waals surface area contributed by atoms with Crippen molar-refractivity contribution in [2.45, 2.75) is 44.6 Å². The minimum absolute atomic E-state index is 0.264. The van der Waals surface area contributed by atoms with E-state index in [0.29, 0.717) is 19.8 Å². The third kappa shape index (κ3) is 6.24. The van der Waals surface area contributed by atoms with E-state index in [2.05, 4.69) is 54.4 Å². The normalized spacial score (nSPS) is 18.3. The van der Waals surface area contributed by atoms with Gasteiger partial charge in [0.2, 0.25) is 0 Å². The summed E-state index contributed by atoms with van der Waals surface area (Å²) in [7, 11) is 1.67. The molecule has 0 spiro atoms. The lowest BCUT2D eigenvalue weighted by atomic mass is 9.87. The lowest BCUT2D eigenvalue weighted by molar-refractivity contribution is -0.156. The molecule has 4 rings (SSSR count). The number of hydrogen-bond acceptors (Lipinski definition) is 5. The van der Waals surface area contributed by atoms with Crippen molar-refractivity contribution < 1.29 is 18.9 Å². The summed E-state index contributed by atoms with van der Waals surface area (Å²) >= 11 is 0. The molecule has 2 atom stereocenters. The number of hydrogen-bond donors (Lipinski definition) is 1. The Bertz CT molecular complexity index is 1100. The van der Waals surface area contributed by atoms with Gasteiger partial charge in [-0.2, -0.15) is 0 Å². The van der Waals surface area contributed by atoms with Crippen LogP contribution in [0.25, 0.3) is 0 Å². The number of rotatable bonds is 11. The monoisotopic (exact) mass is 473 g/mol. The fraction of sp³-hybridized carbons (Fsp3) is 0.333. The number of ether oxygens (including phenoxy) is 4. The number of anilines is 1. The Morgan fingerprint density at radius 3 is 2.46 bits per heavy atom. The summed E-state index contributed by atoms with van der Waals surface area (Å²) in [5.74, 6) is 1.68. The van der Waals surface area contributed by atoms with E-state index in [1.54, 1.807) is 13.2 Å². The van der Waals surface area contributed by atoms with Crippen LogP contribution in [0.5, 0.6) is 11.5 Å². The number of nitrogens with one attached hydrogen (secondary N) is 1. The molecule has 1 heterocycles. The summed E-state index contributed by atoms with van der Waals surface area (Å²) in [5, 5.41) is 3.52. The van der Waals surface area contributed by atoms with Crippen molar-refractivity contribution >= 4 is 5.69 Å². The van der Waals surface area contributed by atoms with Gasteiger partial charge in [-0.3, -0.25) is 0 Å². The highest BCUT2D eigenvalue weighted by Crippen LogP contribution is 2.44. The minimum atomic E-state index is -0.550. The average molecular weight is 474 g/mol. The van der Waals surface area contributed by atoms with Gasteiger partial charge in [-0.15, -0.1) is 6.58 Å². The van der Waals surface area contributed by atoms with Crippen LogP contribution in [0.15, 0.2) is 85.5 Å². The lowest BCUT2D eigenvalue weighted by Crippen LogP contribution is -2.51. The standard InChI is InChI=1S/C30H35NO4/c1-5-18-34-29-28(33-19-17-22-9-7-6-8-10-22)26-20-24(13-16-27(26)35-30(29,2)3)31-21-23-11-14-25(32-4)15-12-23/h5-16,20,28-29,31H,1,17-19,21H2,2-4H3. The maximum atomic E-state index is 6.52. The molecule has 0 saturated carbocycles. The molecule has 0 amide bonds. The third-order valence-corrected chi connectivity index (χ3v) is 6.23. The SMILES string of the molecule is C=CCOC1C(OCCc2ccccc2)c2cc(NCc3ccc(OC)cc3)ccc2OC1(C)C. The Labute approximate surface area is 208 Å². The molecule has 2 unspecified atom stereocenters. The number of methoxy groups -OCH3 is 1. The van der Waals surface area contributed by atoms with Crippen LogP contribution >= 0.6 is 0 Å². The van der Waals surface area contributed by atoms with E-state index in [1.807, 2.05) is 44.2 Å². The molecule has 0 aliphatic carbocycles. The third-order valence-electron chi connectivity index (χ3n) is 6.23. The molecule has 3 aromatic rings. The molecule has 0 aromatic heterocycles. The molecule has 0 radical (unpaired) electrons. The summed E-state index contributed by atoms with van der Waals surface area (Å²) in [6.45, 7) is 9.63. The molecule has 5 nitrogen and oxygen atoms in total. The number of fused-ring (bicyclic) bond motifs is 1. The van der Waals surface area contributed by atoms with Crippen LogP contribution in [0.4, 0.5) is 5.69 Å². The van der Waals surface area contributed by atoms with Crippen molar-refractivity contribution in [3.8, 4) is 11.5 Å². The first-order chi connectivity index (χ1) is 17.0. The van der Waals surface area contributed by atoms with Crippen molar-refractivity contribution in [2.75, 3.05) is 25.6 Å². The van der Waals surface area contributed by atoms with Gasteiger partial charge in [0.15, 0.2) is 0 Å². The molecule has 5 heteroatoms. The largest absolute Gasteiger partial charge is 0.497 e. The van der Waals surface area contributed by atoms with Gasteiger partial charge in [0, 0.05) is 17.8 Å². The summed E-state index contributed by atoms with van der Waals surface area (Å²) in [5.41, 5.74) is 3.86. The van der Waals surface area contributed by atoms with E-state index in [-0.39, 0.29) is 12.2 Å². The second-order valence-electron chi connectivity index (χ2n) is 9.23. The average Bonchev–Trinajstić information content (AvgIpc) is 2.87. The van der Waals surface area contributed by atoms with Gasteiger partial charge in [-0.1, -0.05) is 48.5 Å². The highest BCUT2D eigenvalue weighted by Gasteiger charge is 2.45. The summed E-state index contributed by atoms with van der Waals surface area (Å²) in [4.78, 5) is 0. The van der Waals surface area contributed by atoms with Crippen LogP contribution in [0, 0.1) is 0 Å².